The topological polar surface area (TPSA) is 138 Å². The van der Waals surface area contributed by atoms with E-state index in [-0.39, 0.29) is 29.5 Å². The molecular weight excluding hydrogens is 872 g/mol. The number of benzene rings is 4. The minimum Gasteiger partial charge on any atom is -0.494 e. The minimum atomic E-state index is -4.18. The number of nitrogens with one attached hydrogen (secondary N) is 1. The first-order chi connectivity index (χ1) is 30.7. The smallest absolute Gasteiger partial charge is 0.271 e. The summed E-state index contributed by atoms with van der Waals surface area (Å²) in [7, 11) is -2.27. The lowest BCUT2D eigenvalue weighted by Crippen LogP contribution is -2.31. The third kappa shape index (κ3) is 9.10. The largest absolute Gasteiger partial charge is 0.494 e. The number of pyridine rings is 1. The molecule has 0 spiro atoms. The Labute approximate surface area is 382 Å². The Kier molecular flexibility index (Phi) is 12.9. The summed E-state index contributed by atoms with van der Waals surface area (Å²) in [5.74, 6) is 0.330. The average molecular weight is 920 g/mol. The lowest BCUT2D eigenvalue weighted by atomic mass is 9.98. The van der Waals surface area contributed by atoms with Gasteiger partial charge in [0.15, 0.2) is 0 Å². The maximum Gasteiger partial charge on any atom is 0.271 e. The number of aromatic nitrogens is 4. The number of halogens is 2. The summed E-state index contributed by atoms with van der Waals surface area (Å²) in [4.78, 5) is 34.0. The third-order valence-corrected chi connectivity index (χ3v) is 13.9. The lowest BCUT2D eigenvalue weighted by molar-refractivity contribution is 0.0744. The van der Waals surface area contributed by atoms with E-state index in [4.69, 9.17) is 37.8 Å². The highest BCUT2D eigenvalue weighted by molar-refractivity contribution is 7.90. The third-order valence-electron chi connectivity index (χ3n) is 11.7. The van der Waals surface area contributed by atoms with Crippen LogP contribution in [0.4, 0.5) is 0 Å². The van der Waals surface area contributed by atoms with E-state index < -0.39 is 15.9 Å². The van der Waals surface area contributed by atoms with Crippen LogP contribution < -0.4 is 14.2 Å². The number of nitrogens with zero attached hydrogens (tertiary/aromatic N) is 5. The normalized spacial score (nSPS) is 12.9. The van der Waals surface area contributed by atoms with Crippen LogP contribution in [0.2, 0.25) is 10.0 Å². The number of amides is 2. The molecule has 15 heteroatoms. The van der Waals surface area contributed by atoms with Crippen molar-refractivity contribution >= 4 is 55.9 Å². The van der Waals surface area contributed by atoms with E-state index >= 15 is 0 Å². The fourth-order valence-corrected chi connectivity index (χ4v) is 9.75. The molecule has 7 aromatic rings. The Hall–Kier alpha value is -6.15. The van der Waals surface area contributed by atoms with Gasteiger partial charge in [-0.15, -0.1) is 0 Å². The summed E-state index contributed by atoms with van der Waals surface area (Å²) < 4.78 is 44.5. The number of fused-ring (bicyclic) bond motifs is 3. The zero-order valence-electron chi connectivity index (χ0n) is 36.2. The zero-order valence-corrected chi connectivity index (χ0v) is 38.6. The monoisotopic (exact) mass is 918 g/mol. The molecule has 64 heavy (non-hydrogen) atoms. The van der Waals surface area contributed by atoms with Gasteiger partial charge >= 0.3 is 0 Å². The summed E-state index contributed by atoms with van der Waals surface area (Å²) in [5.41, 5.74) is 9.79. The van der Waals surface area contributed by atoms with Gasteiger partial charge in [-0.2, -0.15) is 5.10 Å². The second-order valence-electron chi connectivity index (χ2n) is 16.1. The van der Waals surface area contributed by atoms with Crippen molar-refractivity contribution in [2.24, 2.45) is 7.05 Å². The van der Waals surface area contributed by atoms with Gasteiger partial charge < -0.3 is 18.9 Å². The van der Waals surface area contributed by atoms with Crippen LogP contribution >= 0.6 is 23.2 Å². The van der Waals surface area contributed by atoms with Crippen LogP contribution in [0, 0.1) is 27.7 Å². The first-order valence-electron chi connectivity index (χ1n) is 21.0. The summed E-state index contributed by atoms with van der Waals surface area (Å²) >= 11 is 13.5. The molecule has 2 amide bonds. The quantitative estimate of drug-likeness (QED) is 0.107. The van der Waals surface area contributed by atoms with Crippen molar-refractivity contribution in [1.82, 2.24) is 29.0 Å². The minimum absolute atomic E-state index is 0.0815. The lowest BCUT2D eigenvalue weighted by Gasteiger charge is -2.21. The number of ether oxygens (including phenoxy) is 2. The summed E-state index contributed by atoms with van der Waals surface area (Å²) in [6.07, 6.45) is 5.27. The van der Waals surface area contributed by atoms with E-state index in [9.17, 15) is 18.0 Å². The molecule has 330 valence electrons. The van der Waals surface area contributed by atoms with E-state index in [1.165, 1.54) is 24.3 Å². The number of sulfonamides is 1. The number of carbonyl (C=O) groups is 2. The van der Waals surface area contributed by atoms with Crippen molar-refractivity contribution < 1.29 is 27.5 Å². The Bertz CT molecular complexity index is 2980. The highest BCUT2D eigenvalue weighted by Gasteiger charge is 2.32. The second kappa shape index (κ2) is 18.5. The first-order valence-corrected chi connectivity index (χ1v) is 23.2. The van der Waals surface area contributed by atoms with Crippen molar-refractivity contribution in [3.63, 3.8) is 0 Å². The van der Waals surface area contributed by atoms with Gasteiger partial charge in [-0.25, -0.2) is 13.1 Å². The van der Waals surface area contributed by atoms with E-state index in [2.05, 4.69) is 14.3 Å². The molecular formula is C49H48Cl2N6O6S. The average Bonchev–Trinajstić information content (AvgIpc) is 3.66. The molecule has 0 bridgehead atoms. The van der Waals surface area contributed by atoms with Gasteiger partial charge in [0.25, 0.3) is 21.8 Å². The maximum absolute atomic E-state index is 14.9. The molecule has 0 aliphatic carbocycles. The van der Waals surface area contributed by atoms with Crippen molar-refractivity contribution in [2.45, 2.75) is 71.5 Å². The number of rotatable bonds is 14. The predicted octanol–water partition coefficient (Wildman–Crippen LogP) is 9.73. The molecule has 0 atom stereocenters. The van der Waals surface area contributed by atoms with Gasteiger partial charge in [0.1, 0.15) is 23.8 Å². The summed E-state index contributed by atoms with van der Waals surface area (Å²) in [5, 5.41) is 6.97. The molecule has 0 unspecified atom stereocenters. The van der Waals surface area contributed by atoms with Crippen molar-refractivity contribution in [3.05, 3.63) is 158 Å². The van der Waals surface area contributed by atoms with Gasteiger partial charge in [0.05, 0.1) is 27.7 Å². The molecule has 0 radical (unpaired) electrons. The second-order valence-corrected chi connectivity index (χ2v) is 18.6. The molecule has 0 saturated heterocycles. The molecule has 3 aromatic heterocycles. The van der Waals surface area contributed by atoms with Crippen LogP contribution in [0.5, 0.6) is 11.5 Å². The van der Waals surface area contributed by atoms with Gasteiger partial charge in [-0.1, -0.05) is 47.5 Å². The fraction of sp³-hybridized carbons (Fsp3) is 0.265. The number of hydrogen-bond donors (Lipinski definition) is 1. The SMILES string of the molecule is Cc1cc(OCCCc2c3n(c4c(-c5c(C)nn(C)c5C)c(Cl)ccc24)CCCN(Cc2ccc(C(=O)NS(=O)(=O)c4ccc(OCc5cccnc5)cc4)cc2)C3=O)cc(C)c1Cl. The molecule has 4 aromatic carbocycles. The predicted molar refractivity (Wildman–Crippen MR) is 249 cm³/mol. The molecule has 12 nitrogen and oxygen atoms in total. The summed E-state index contributed by atoms with van der Waals surface area (Å²) in [6, 6.07) is 23.9. The van der Waals surface area contributed by atoms with Crippen LogP contribution in [0.1, 0.15) is 72.9 Å². The zero-order chi connectivity index (χ0) is 45.3. The Morgan fingerprint density at radius 2 is 1.59 bits per heavy atom. The van der Waals surface area contributed by atoms with Gasteiger partial charge in [-0.05, 0) is 130 Å². The van der Waals surface area contributed by atoms with Crippen molar-refractivity contribution in [3.8, 4) is 22.6 Å². The van der Waals surface area contributed by atoms with Crippen LogP contribution in [-0.4, -0.2) is 57.6 Å². The first kappa shape index (κ1) is 44.5. The van der Waals surface area contributed by atoms with Crippen LogP contribution in [-0.2, 0) is 43.2 Å². The standard InChI is InChI=1S/C49H48Cl2N6O6S/c1-30-25-38(26-31(2)45(30)51)62-24-7-10-40-41-19-20-42(50)44(43-32(3)53-55(5)33(43)4)46(41)57-23-8-22-56(49(59)47(40)57)28-34-11-13-36(14-12-34)48(58)54-64(60,61)39-17-15-37(16-18-39)63-29-35-9-6-21-52-27-35/h6,9,11-21,25-27H,7-8,10,22-24,28-29H2,1-5H3,(H,54,58). The van der Waals surface area contributed by atoms with E-state index in [0.717, 1.165) is 72.0 Å². The van der Waals surface area contributed by atoms with E-state index in [0.29, 0.717) is 55.4 Å². The number of hydrogen-bond acceptors (Lipinski definition) is 8. The fourth-order valence-electron chi connectivity index (χ4n) is 8.42. The maximum atomic E-state index is 14.9. The van der Waals surface area contributed by atoms with E-state index in [1.54, 1.807) is 42.7 Å². The highest BCUT2D eigenvalue weighted by Crippen LogP contribution is 2.43. The molecule has 0 fully saturated rings. The summed E-state index contributed by atoms with van der Waals surface area (Å²) in [6.45, 7) is 9.99. The Balaban J connectivity index is 1.02. The Morgan fingerprint density at radius 1 is 0.859 bits per heavy atom. The number of carbonyl (C=O) groups excluding carboxylic acids is 2. The van der Waals surface area contributed by atoms with Gasteiger partial charge in [0, 0.05) is 77.4 Å². The molecule has 8 rings (SSSR count). The van der Waals surface area contributed by atoms with Gasteiger partial charge in [-0.3, -0.25) is 19.3 Å². The van der Waals surface area contributed by atoms with E-state index in [1.807, 2.05) is 74.7 Å². The Morgan fingerprint density at radius 3 is 2.27 bits per heavy atom. The molecule has 1 aliphatic rings. The molecule has 1 aliphatic heterocycles. The van der Waals surface area contributed by atoms with Crippen LogP contribution in [0.3, 0.4) is 0 Å². The van der Waals surface area contributed by atoms with Crippen molar-refractivity contribution in [1.29, 1.82) is 0 Å². The molecule has 4 heterocycles. The highest BCUT2D eigenvalue weighted by atomic mass is 35.5. The van der Waals surface area contributed by atoms with Crippen LogP contribution in [0.25, 0.3) is 22.0 Å². The number of aryl methyl sites for hydroxylation is 6. The van der Waals surface area contributed by atoms with Crippen molar-refractivity contribution in [2.75, 3.05) is 13.2 Å². The molecule has 0 saturated carbocycles. The van der Waals surface area contributed by atoms with Gasteiger partial charge in [0.2, 0.25) is 0 Å². The van der Waals surface area contributed by atoms with Crippen LogP contribution in [0.15, 0.2) is 102 Å². The molecule has 1 N–H and O–H groups in total.